The van der Waals surface area contributed by atoms with Crippen molar-refractivity contribution in [3.63, 3.8) is 0 Å². The summed E-state index contributed by atoms with van der Waals surface area (Å²) in [5.74, 6) is -0.236. The van der Waals surface area contributed by atoms with E-state index < -0.39 is 0 Å². The number of aryl methyl sites for hydroxylation is 1. The summed E-state index contributed by atoms with van der Waals surface area (Å²) in [6, 6.07) is 4.72. The molecule has 4 heteroatoms. The van der Waals surface area contributed by atoms with E-state index in [1.807, 2.05) is 25.5 Å². The number of halogens is 1. The Labute approximate surface area is 106 Å². The number of nitrogens with two attached hydrogens (primary N) is 1. The van der Waals surface area contributed by atoms with Crippen LogP contribution >= 0.6 is 0 Å². The van der Waals surface area contributed by atoms with Gasteiger partial charge in [-0.1, -0.05) is 6.07 Å². The molecule has 0 aliphatic rings. The SMILES string of the molecule is Cc1nn(Cc2cc(F)ccc2CN)c(C)c1C. The Bertz CT molecular complexity index is 573. The van der Waals surface area contributed by atoms with E-state index in [2.05, 4.69) is 5.10 Å². The number of rotatable bonds is 3. The van der Waals surface area contributed by atoms with Crippen LogP contribution in [0.1, 0.15) is 28.1 Å². The van der Waals surface area contributed by atoms with Gasteiger partial charge in [-0.3, -0.25) is 4.68 Å². The van der Waals surface area contributed by atoms with Crippen LogP contribution < -0.4 is 5.73 Å². The van der Waals surface area contributed by atoms with Gasteiger partial charge in [-0.05, 0) is 49.6 Å². The molecule has 0 radical (unpaired) electrons. The first-order valence-electron chi connectivity index (χ1n) is 6.01. The van der Waals surface area contributed by atoms with E-state index in [9.17, 15) is 4.39 Å². The van der Waals surface area contributed by atoms with E-state index in [1.165, 1.54) is 17.7 Å². The highest BCUT2D eigenvalue weighted by molar-refractivity contribution is 5.29. The summed E-state index contributed by atoms with van der Waals surface area (Å²) in [6.45, 7) is 7.02. The fourth-order valence-corrected chi connectivity index (χ4v) is 2.04. The largest absolute Gasteiger partial charge is 0.326 e. The Morgan fingerprint density at radius 1 is 1.22 bits per heavy atom. The van der Waals surface area contributed by atoms with Crippen LogP contribution in [0.25, 0.3) is 0 Å². The topological polar surface area (TPSA) is 43.8 Å². The quantitative estimate of drug-likeness (QED) is 0.905. The van der Waals surface area contributed by atoms with Crippen LogP contribution in [0.4, 0.5) is 4.39 Å². The molecular formula is C14H18FN3. The third-order valence-corrected chi connectivity index (χ3v) is 3.45. The maximum atomic E-state index is 13.3. The number of hydrogen-bond acceptors (Lipinski definition) is 2. The molecule has 0 unspecified atom stereocenters. The Balaban J connectivity index is 2.39. The minimum atomic E-state index is -0.236. The second-order valence-electron chi connectivity index (χ2n) is 4.57. The van der Waals surface area contributed by atoms with Crippen molar-refractivity contribution < 1.29 is 4.39 Å². The van der Waals surface area contributed by atoms with E-state index in [0.717, 1.165) is 22.5 Å². The van der Waals surface area contributed by atoms with Crippen LogP contribution in [0.5, 0.6) is 0 Å². The Morgan fingerprint density at radius 3 is 2.50 bits per heavy atom. The maximum absolute atomic E-state index is 13.3. The molecule has 0 atom stereocenters. The molecule has 1 aromatic heterocycles. The molecule has 2 N–H and O–H groups in total. The van der Waals surface area contributed by atoms with Gasteiger partial charge in [0.1, 0.15) is 5.82 Å². The van der Waals surface area contributed by atoms with Gasteiger partial charge in [0.05, 0.1) is 12.2 Å². The van der Waals surface area contributed by atoms with Crippen LogP contribution in [0, 0.1) is 26.6 Å². The Hall–Kier alpha value is -1.68. The van der Waals surface area contributed by atoms with Gasteiger partial charge in [-0.2, -0.15) is 5.10 Å². The summed E-state index contributed by atoms with van der Waals surface area (Å²) in [6.07, 6.45) is 0. The predicted octanol–water partition coefficient (Wildman–Crippen LogP) is 2.45. The predicted molar refractivity (Wildman–Crippen MR) is 69.8 cm³/mol. The van der Waals surface area contributed by atoms with E-state index in [1.54, 1.807) is 6.07 Å². The lowest BCUT2D eigenvalue weighted by Crippen LogP contribution is -2.09. The molecule has 0 saturated heterocycles. The van der Waals surface area contributed by atoms with Gasteiger partial charge < -0.3 is 5.73 Å². The lowest BCUT2D eigenvalue weighted by Gasteiger charge is -2.10. The van der Waals surface area contributed by atoms with Crippen LogP contribution in [-0.2, 0) is 13.1 Å². The summed E-state index contributed by atoms with van der Waals surface area (Å²) in [4.78, 5) is 0. The van der Waals surface area contributed by atoms with Crippen molar-refractivity contribution in [2.45, 2.75) is 33.9 Å². The van der Waals surface area contributed by atoms with Gasteiger partial charge in [0.15, 0.2) is 0 Å². The van der Waals surface area contributed by atoms with Crippen molar-refractivity contribution in [3.05, 3.63) is 52.1 Å². The van der Waals surface area contributed by atoms with Crippen molar-refractivity contribution in [2.75, 3.05) is 0 Å². The fraction of sp³-hybridized carbons (Fsp3) is 0.357. The molecule has 96 valence electrons. The average Bonchev–Trinajstić information content (AvgIpc) is 2.57. The van der Waals surface area contributed by atoms with Gasteiger partial charge >= 0.3 is 0 Å². The molecule has 3 nitrogen and oxygen atoms in total. The standard InChI is InChI=1S/C14H18FN3/c1-9-10(2)17-18(11(9)3)8-13-6-14(15)5-4-12(13)7-16/h4-6H,7-8,16H2,1-3H3. The zero-order valence-electron chi connectivity index (χ0n) is 11.0. The fourth-order valence-electron chi connectivity index (χ4n) is 2.04. The van der Waals surface area contributed by atoms with Crippen molar-refractivity contribution >= 4 is 0 Å². The van der Waals surface area contributed by atoms with E-state index in [-0.39, 0.29) is 5.82 Å². The van der Waals surface area contributed by atoms with E-state index >= 15 is 0 Å². The highest BCUT2D eigenvalue weighted by Crippen LogP contribution is 2.16. The molecule has 2 aromatic rings. The number of hydrogen-bond donors (Lipinski definition) is 1. The third kappa shape index (κ3) is 2.29. The number of aromatic nitrogens is 2. The molecule has 0 spiro atoms. The number of benzene rings is 1. The first kappa shape index (κ1) is 12.8. The molecule has 1 aromatic carbocycles. The molecule has 0 aliphatic carbocycles. The minimum Gasteiger partial charge on any atom is -0.326 e. The lowest BCUT2D eigenvalue weighted by molar-refractivity contribution is 0.612. The first-order valence-corrected chi connectivity index (χ1v) is 6.01. The average molecular weight is 247 g/mol. The summed E-state index contributed by atoms with van der Waals surface area (Å²) in [5.41, 5.74) is 10.8. The summed E-state index contributed by atoms with van der Waals surface area (Å²) in [5, 5.41) is 4.46. The van der Waals surface area contributed by atoms with E-state index in [4.69, 9.17) is 5.73 Å². The normalized spacial score (nSPS) is 10.9. The van der Waals surface area contributed by atoms with Crippen LogP contribution in [0.3, 0.4) is 0 Å². The molecule has 0 bridgehead atoms. The van der Waals surface area contributed by atoms with Gasteiger partial charge in [-0.25, -0.2) is 4.39 Å². The van der Waals surface area contributed by atoms with Crippen LogP contribution in [-0.4, -0.2) is 9.78 Å². The van der Waals surface area contributed by atoms with Gasteiger partial charge in [0.2, 0.25) is 0 Å². The molecule has 0 saturated carbocycles. The zero-order valence-corrected chi connectivity index (χ0v) is 11.0. The van der Waals surface area contributed by atoms with E-state index in [0.29, 0.717) is 13.1 Å². The first-order chi connectivity index (χ1) is 8.52. The third-order valence-electron chi connectivity index (χ3n) is 3.45. The summed E-state index contributed by atoms with van der Waals surface area (Å²) >= 11 is 0. The maximum Gasteiger partial charge on any atom is 0.123 e. The van der Waals surface area contributed by atoms with Crippen LogP contribution in [0.2, 0.25) is 0 Å². The summed E-state index contributed by atoms with van der Waals surface area (Å²) in [7, 11) is 0. The minimum absolute atomic E-state index is 0.236. The Morgan fingerprint density at radius 2 is 1.94 bits per heavy atom. The number of nitrogens with zero attached hydrogens (tertiary/aromatic N) is 2. The second-order valence-corrected chi connectivity index (χ2v) is 4.57. The summed E-state index contributed by atoms with van der Waals surface area (Å²) < 4.78 is 15.2. The van der Waals surface area contributed by atoms with Gasteiger partial charge in [-0.15, -0.1) is 0 Å². The molecule has 0 aliphatic heterocycles. The van der Waals surface area contributed by atoms with Gasteiger partial charge in [0, 0.05) is 12.2 Å². The zero-order chi connectivity index (χ0) is 13.3. The van der Waals surface area contributed by atoms with Crippen molar-refractivity contribution in [1.82, 2.24) is 9.78 Å². The molecule has 1 heterocycles. The Kier molecular flexibility index (Phi) is 3.48. The monoisotopic (exact) mass is 247 g/mol. The second kappa shape index (κ2) is 4.90. The van der Waals surface area contributed by atoms with Crippen LogP contribution in [0.15, 0.2) is 18.2 Å². The lowest BCUT2D eigenvalue weighted by atomic mass is 10.1. The molecule has 18 heavy (non-hydrogen) atoms. The van der Waals surface area contributed by atoms with Crippen molar-refractivity contribution in [2.24, 2.45) is 5.73 Å². The molecule has 0 fully saturated rings. The molecular weight excluding hydrogens is 229 g/mol. The molecule has 2 rings (SSSR count). The van der Waals surface area contributed by atoms with Crippen molar-refractivity contribution in [3.8, 4) is 0 Å². The highest BCUT2D eigenvalue weighted by Gasteiger charge is 2.10. The highest BCUT2D eigenvalue weighted by atomic mass is 19.1. The van der Waals surface area contributed by atoms with Crippen molar-refractivity contribution in [1.29, 1.82) is 0 Å². The molecule has 0 amide bonds. The van der Waals surface area contributed by atoms with Gasteiger partial charge in [0.25, 0.3) is 0 Å². The smallest absolute Gasteiger partial charge is 0.123 e.